The van der Waals surface area contributed by atoms with E-state index in [0.29, 0.717) is 35.6 Å². The number of amides is 1. The van der Waals surface area contributed by atoms with Crippen molar-refractivity contribution in [3.05, 3.63) is 99.1 Å². The Hall–Kier alpha value is -4.73. The van der Waals surface area contributed by atoms with E-state index >= 15 is 0 Å². The third-order valence-electron chi connectivity index (χ3n) is 6.02. The molecular formula is C27H25N3O7. The normalized spacial score (nSPS) is 14.7. The standard InChI is InChI=1S/C27H25N3O7/c1-17-12-25(37-16-26(31)32)24(36-2)15-22(17)23-14-21(13-18-6-4-3-5-7-18)29(28-23)27(33)19-8-10-20(11-9-19)30(34)35/h3-12,15,21H,13-14,16H2,1-2H3,(H,31,32). The van der Waals surface area contributed by atoms with E-state index in [1.165, 1.54) is 36.4 Å². The molecule has 3 aromatic carbocycles. The summed E-state index contributed by atoms with van der Waals surface area (Å²) in [6.45, 7) is 1.34. The monoisotopic (exact) mass is 503 g/mol. The Kier molecular flexibility index (Phi) is 7.47. The van der Waals surface area contributed by atoms with Crippen LogP contribution in [0.2, 0.25) is 0 Å². The molecule has 0 radical (unpaired) electrons. The van der Waals surface area contributed by atoms with Gasteiger partial charge in [-0.05, 0) is 48.7 Å². The van der Waals surface area contributed by atoms with Crippen LogP contribution in [0.15, 0.2) is 71.8 Å². The molecule has 1 heterocycles. The lowest BCUT2D eigenvalue weighted by molar-refractivity contribution is -0.384. The fraction of sp³-hybridized carbons (Fsp3) is 0.222. The number of methoxy groups -OCH3 is 1. The zero-order valence-corrected chi connectivity index (χ0v) is 20.3. The topological polar surface area (TPSA) is 132 Å². The first kappa shape index (κ1) is 25.4. The van der Waals surface area contributed by atoms with Crippen LogP contribution in [0.4, 0.5) is 5.69 Å². The van der Waals surface area contributed by atoms with Gasteiger partial charge in [0.2, 0.25) is 0 Å². The molecule has 0 fully saturated rings. The number of hydrazone groups is 1. The maximum absolute atomic E-state index is 13.5. The van der Waals surface area contributed by atoms with Crippen molar-refractivity contribution < 1.29 is 29.1 Å². The summed E-state index contributed by atoms with van der Waals surface area (Å²) in [4.78, 5) is 34.9. The van der Waals surface area contributed by atoms with Crippen LogP contribution in [0.25, 0.3) is 0 Å². The van der Waals surface area contributed by atoms with Crippen LogP contribution >= 0.6 is 0 Å². The van der Waals surface area contributed by atoms with E-state index in [1.807, 2.05) is 37.3 Å². The van der Waals surface area contributed by atoms with Gasteiger partial charge in [-0.2, -0.15) is 5.10 Å². The molecule has 1 amide bonds. The van der Waals surface area contributed by atoms with E-state index in [4.69, 9.17) is 14.6 Å². The number of aryl methyl sites for hydroxylation is 1. The molecule has 3 aromatic rings. The number of non-ortho nitro benzene ring substituents is 1. The molecule has 0 saturated carbocycles. The number of carbonyl (C=O) groups is 2. The molecule has 1 N–H and O–H groups in total. The van der Waals surface area contributed by atoms with Gasteiger partial charge < -0.3 is 14.6 Å². The molecule has 190 valence electrons. The van der Waals surface area contributed by atoms with E-state index in [-0.39, 0.29) is 17.6 Å². The molecule has 0 saturated heterocycles. The second kappa shape index (κ2) is 10.9. The first-order valence-electron chi connectivity index (χ1n) is 11.5. The number of hydrogen-bond acceptors (Lipinski definition) is 7. The van der Waals surface area contributed by atoms with Gasteiger partial charge in [-0.15, -0.1) is 0 Å². The van der Waals surface area contributed by atoms with Gasteiger partial charge in [0.05, 0.1) is 23.8 Å². The molecule has 10 heteroatoms. The molecule has 0 aliphatic carbocycles. The van der Waals surface area contributed by atoms with Gasteiger partial charge in [-0.1, -0.05) is 30.3 Å². The van der Waals surface area contributed by atoms with E-state index in [2.05, 4.69) is 5.10 Å². The molecule has 37 heavy (non-hydrogen) atoms. The van der Waals surface area contributed by atoms with Crippen LogP contribution < -0.4 is 9.47 Å². The number of carboxylic acid groups (broad SMARTS) is 1. The summed E-state index contributed by atoms with van der Waals surface area (Å²) in [6, 6.07) is 18.3. The lowest BCUT2D eigenvalue weighted by atomic mass is 9.95. The molecule has 1 unspecified atom stereocenters. The second-order valence-electron chi connectivity index (χ2n) is 8.55. The number of nitro groups is 1. The van der Waals surface area contributed by atoms with E-state index in [1.54, 1.807) is 12.1 Å². The average Bonchev–Trinajstić information content (AvgIpc) is 3.30. The van der Waals surface area contributed by atoms with Crippen molar-refractivity contribution in [2.45, 2.75) is 25.8 Å². The molecule has 4 rings (SSSR count). The zero-order valence-electron chi connectivity index (χ0n) is 20.3. The molecule has 0 bridgehead atoms. The number of aliphatic carboxylic acids is 1. The molecule has 1 atom stereocenters. The van der Waals surface area contributed by atoms with E-state index in [9.17, 15) is 19.7 Å². The number of hydrogen-bond donors (Lipinski definition) is 1. The highest BCUT2D eigenvalue weighted by atomic mass is 16.6. The van der Waals surface area contributed by atoms with Crippen LogP contribution in [0.1, 0.15) is 33.5 Å². The highest BCUT2D eigenvalue weighted by Gasteiger charge is 2.33. The SMILES string of the molecule is COc1cc(C2=NN(C(=O)c3ccc([N+](=O)[O-])cc3)C(Cc3ccccc3)C2)c(C)cc1OCC(=O)O. The van der Waals surface area contributed by atoms with Crippen molar-refractivity contribution in [1.29, 1.82) is 0 Å². The maximum Gasteiger partial charge on any atom is 0.341 e. The van der Waals surface area contributed by atoms with Gasteiger partial charge >= 0.3 is 5.97 Å². The van der Waals surface area contributed by atoms with Crippen molar-refractivity contribution in [3.63, 3.8) is 0 Å². The number of benzene rings is 3. The summed E-state index contributed by atoms with van der Waals surface area (Å²) >= 11 is 0. The predicted octanol–water partition coefficient (Wildman–Crippen LogP) is 4.24. The van der Waals surface area contributed by atoms with Gasteiger partial charge in [-0.25, -0.2) is 9.80 Å². The number of nitro benzene ring substituents is 1. The van der Waals surface area contributed by atoms with Gasteiger partial charge in [0.15, 0.2) is 18.1 Å². The van der Waals surface area contributed by atoms with Crippen LogP contribution in [-0.2, 0) is 11.2 Å². The Labute approximate surface area is 212 Å². The van der Waals surface area contributed by atoms with E-state index < -0.39 is 17.5 Å². The van der Waals surface area contributed by atoms with Gasteiger partial charge in [-0.3, -0.25) is 14.9 Å². The minimum Gasteiger partial charge on any atom is -0.493 e. The van der Waals surface area contributed by atoms with Crippen LogP contribution in [-0.4, -0.2) is 52.4 Å². The predicted molar refractivity (Wildman–Crippen MR) is 135 cm³/mol. The van der Waals surface area contributed by atoms with Gasteiger partial charge in [0.1, 0.15) is 0 Å². The highest BCUT2D eigenvalue weighted by molar-refractivity contribution is 6.06. The van der Waals surface area contributed by atoms with Crippen LogP contribution in [0.3, 0.4) is 0 Å². The van der Waals surface area contributed by atoms with E-state index in [0.717, 1.165) is 16.7 Å². The molecule has 0 aromatic heterocycles. The fourth-order valence-electron chi connectivity index (χ4n) is 4.22. The quantitative estimate of drug-likeness (QED) is 0.341. The average molecular weight is 504 g/mol. The number of ether oxygens (including phenoxy) is 2. The molecule has 0 spiro atoms. The van der Waals surface area contributed by atoms with Gasteiger partial charge in [0, 0.05) is 29.7 Å². The van der Waals surface area contributed by atoms with Gasteiger partial charge in [0.25, 0.3) is 11.6 Å². The van der Waals surface area contributed by atoms with Crippen molar-refractivity contribution in [1.82, 2.24) is 5.01 Å². The Bertz CT molecular complexity index is 1350. The summed E-state index contributed by atoms with van der Waals surface area (Å²) in [6.07, 6.45) is 1.02. The van der Waals surface area contributed by atoms with Crippen LogP contribution in [0, 0.1) is 17.0 Å². The third-order valence-corrected chi connectivity index (χ3v) is 6.02. The van der Waals surface area contributed by atoms with Crippen molar-refractivity contribution in [2.24, 2.45) is 5.10 Å². The molecule has 10 nitrogen and oxygen atoms in total. The fourth-order valence-corrected chi connectivity index (χ4v) is 4.22. The second-order valence-corrected chi connectivity index (χ2v) is 8.55. The van der Waals surface area contributed by atoms with Crippen LogP contribution in [0.5, 0.6) is 11.5 Å². The van der Waals surface area contributed by atoms with Crippen molar-refractivity contribution >= 4 is 23.3 Å². The minimum atomic E-state index is -1.10. The zero-order chi connectivity index (χ0) is 26.5. The Balaban J connectivity index is 1.68. The lowest BCUT2D eigenvalue weighted by Gasteiger charge is -2.22. The largest absolute Gasteiger partial charge is 0.493 e. The number of carbonyl (C=O) groups excluding carboxylic acids is 1. The summed E-state index contributed by atoms with van der Waals surface area (Å²) in [5.41, 5.74) is 3.42. The lowest BCUT2D eigenvalue weighted by Crippen LogP contribution is -2.34. The summed E-state index contributed by atoms with van der Waals surface area (Å²) < 4.78 is 10.8. The summed E-state index contributed by atoms with van der Waals surface area (Å²) in [7, 11) is 1.46. The summed E-state index contributed by atoms with van der Waals surface area (Å²) in [5, 5.41) is 26.1. The molecular weight excluding hydrogens is 478 g/mol. The number of carboxylic acids is 1. The third kappa shape index (κ3) is 5.75. The first-order chi connectivity index (χ1) is 17.8. The smallest absolute Gasteiger partial charge is 0.341 e. The Morgan fingerprint density at radius 1 is 1.11 bits per heavy atom. The number of nitrogens with zero attached hydrogens (tertiary/aromatic N) is 3. The maximum atomic E-state index is 13.5. The highest BCUT2D eigenvalue weighted by Crippen LogP contribution is 2.34. The number of rotatable bonds is 9. The Morgan fingerprint density at radius 3 is 2.43 bits per heavy atom. The Morgan fingerprint density at radius 2 is 1.81 bits per heavy atom. The molecule has 1 aliphatic rings. The van der Waals surface area contributed by atoms with Crippen molar-refractivity contribution in [3.8, 4) is 11.5 Å². The molecule has 1 aliphatic heterocycles. The summed E-state index contributed by atoms with van der Waals surface area (Å²) in [5.74, 6) is -0.821. The first-order valence-corrected chi connectivity index (χ1v) is 11.5. The van der Waals surface area contributed by atoms with Crippen molar-refractivity contribution in [2.75, 3.05) is 13.7 Å². The minimum absolute atomic E-state index is 0.101.